The van der Waals surface area contributed by atoms with Gasteiger partial charge in [0.25, 0.3) is 0 Å². The summed E-state index contributed by atoms with van der Waals surface area (Å²) in [7, 11) is 0. The molecule has 0 fully saturated rings. The van der Waals surface area contributed by atoms with E-state index < -0.39 is 0 Å². The second kappa shape index (κ2) is 6.13. The highest BCUT2D eigenvalue weighted by Crippen LogP contribution is 2.27. The molecule has 1 heterocycles. The Labute approximate surface area is 123 Å². The summed E-state index contributed by atoms with van der Waals surface area (Å²) in [5, 5.41) is 5.40. The number of hydrogen-bond donors (Lipinski definition) is 2. The Balaban J connectivity index is 1.65. The van der Waals surface area contributed by atoms with Gasteiger partial charge in [0, 0.05) is 41.1 Å². The zero-order valence-corrected chi connectivity index (χ0v) is 11.6. The van der Waals surface area contributed by atoms with Crippen molar-refractivity contribution in [2.24, 2.45) is 0 Å². The van der Waals surface area contributed by atoms with Gasteiger partial charge in [-0.2, -0.15) is 0 Å². The number of hydrogen-bond acceptors (Lipinski definition) is 4. The molecule has 0 amide bonds. The minimum atomic E-state index is 0.593. The molecule has 3 N–H and O–H groups in total. The molecule has 3 aromatic rings. The van der Waals surface area contributed by atoms with Gasteiger partial charge in [-0.3, -0.25) is 4.98 Å². The van der Waals surface area contributed by atoms with Gasteiger partial charge in [0.1, 0.15) is 12.4 Å². The minimum Gasteiger partial charge on any atom is -0.492 e. The van der Waals surface area contributed by atoms with E-state index in [9.17, 15) is 0 Å². The van der Waals surface area contributed by atoms with Gasteiger partial charge in [-0.1, -0.05) is 18.2 Å². The second-order valence-electron chi connectivity index (χ2n) is 4.71. The molecule has 0 spiro atoms. The van der Waals surface area contributed by atoms with Gasteiger partial charge in [0.2, 0.25) is 0 Å². The maximum atomic E-state index is 5.98. The molecule has 0 bridgehead atoms. The molecule has 0 aliphatic rings. The minimum absolute atomic E-state index is 0.593. The Morgan fingerprint density at radius 1 is 1.00 bits per heavy atom. The Hall–Kier alpha value is -2.75. The van der Waals surface area contributed by atoms with Crippen LogP contribution in [-0.2, 0) is 0 Å². The fourth-order valence-electron chi connectivity index (χ4n) is 2.24. The lowest BCUT2D eigenvalue weighted by atomic mass is 10.1. The van der Waals surface area contributed by atoms with Crippen LogP contribution >= 0.6 is 0 Å². The first kappa shape index (κ1) is 13.2. The average molecular weight is 279 g/mol. The van der Waals surface area contributed by atoms with Crippen LogP contribution in [0.5, 0.6) is 5.75 Å². The zero-order chi connectivity index (χ0) is 14.5. The smallest absolute Gasteiger partial charge is 0.119 e. The number of nitrogens with two attached hydrogens (primary N) is 1. The van der Waals surface area contributed by atoms with E-state index >= 15 is 0 Å². The molecule has 0 unspecified atom stereocenters. The molecule has 0 saturated heterocycles. The number of fused-ring (bicyclic) bond motifs is 1. The van der Waals surface area contributed by atoms with E-state index in [0.29, 0.717) is 13.2 Å². The molecular formula is C17H17N3O. The maximum absolute atomic E-state index is 5.98. The highest BCUT2D eigenvalue weighted by atomic mass is 16.5. The topological polar surface area (TPSA) is 60.2 Å². The van der Waals surface area contributed by atoms with E-state index in [1.165, 1.54) is 0 Å². The first-order valence-corrected chi connectivity index (χ1v) is 6.88. The van der Waals surface area contributed by atoms with Crippen molar-refractivity contribution in [3.63, 3.8) is 0 Å². The molecule has 4 heteroatoms. The normalized spacial score (nSPS) is 10.5. The summed E-state index contributed by atoms with van der Waals surface area (Å²) in [5.41, 5.74) is 7.76. The van der Waals surface area contributed by atoms with Crippen molar-refractivity contribution in [2.45, 2.75) is 0 Å². The Bertz CT molecular complexity index is 728. The lowest BCUT2D eigenvalue weighted by molar-refractivity contribution is 0.333. The molecule has 0 aliphatic heterocycles. The molecule has 106 valence electrons. The Kier molecular flexibility index (Phi) is 3.87. The van der Waals surface area contributed by atoms with Crippen molar-refractivity contribution in [1.29, 1.82) is 0 Å². The number of nitrogen functional groups attached to an aromatic ring is 1. The number of aromatic nitrogens is 1. The van der Waals surface area contributed by atoms with Gasteiger partial charge >= 0.3 is 0 Å². The van der Waals surface area contributed by atoms with Gasteiger partial charge in [0.05, 0.1) is 0 Å². The van der Waals surface area contributed by atoms with E-state index in [1.54, 1.807) is 6.20 Å². The van der Waals surface area contributed by atoms with Gasteiger partial charge in [0.15, 0.2) is 0 Å². The van der Waals surface area contributed by atoms with E-state index in [-0.39, 0.29) is 0 Å². The molecule has 1 aromatic heterocycles. The molecule has 21 heavy (non-hydrogen) atoms. The van der Waals surface area contributed by atoms with Crippen LogP contribution in [-0.4, -0.2) is 18.1 Å². The largest absolute Gasteiger partial charge is 0.492 e. The van der Waals surface area contributed by atoms with Crippen LogP contribution in [0.3, 0.4) is 0 Å². The molecule has 4 nitrogen and oxygen atoms in total. The molecule has 2 aromatic carbocycles. The van der Waals surface area contributed by atoms with E-state index in [4.69, 9.17) is 10.5 Å². The summed E-state index contributed by atoms with van der Waals surface area (Å²) in [5.74, 6) is 0.878. The van der Waals surface area contributed by atoms with Crippen molar-refractivity contribution >= 4 is 22.1 Å². The molecule has 0 aliphatic carbocycles. The van der Waals surface area contributed by atoms with Crippen LogP contribution in [0.1, 0.15) is 0 Å². The molecule has 3 rings (SSSR count). The highest BCUT2D eigenvalue weighted by Gasteiger charge is 2.03. The highest BCUT2D eigenvalue weighted by molar-refractivity contribution is 6.00. The summed E-state index contributed by atoms with van der Waals surface area (Å²) >= 11 is 0. The van der Waals surface area contributed by atoms with Gasteiger partial charge in [-0.25, -0.2) is 0 Å². The number of ether oxygens (including phenoxy) is 1. The first-order chi connectivity index (χ1) is 10.3. The summed E-state index contributed by atoms with van der Waals surface area (Å²) in [6, 6.07) is 15.6. The number of nitrogens with zero attached hydrogens (tertiary/aromatic N) is 1. The summed E-state index contributed by atoms with van der Waals surface area (Å²) < 4.78 is 5.66. The van der Waals surface area contributed by atoms with Crippen molar-refractivity contribution in [3.8, 4) is 5.75 Å². The Morgan fingerprint density at radius 2 is 1.86 bits per heavy atom. The van der Waals surface area contributed by atoms with Crippen LogP contribution < -0.4 is 15.8 Å². The van der Waals surface area contributed by atoms with Crippen LogP contribution in [0.25, 0.3) is 10.8 Å². The predicted octanol–water partition coefficient (Wildman–Crippen LogP) is 3.31. The first-order valence-electron chi connectivity index (χ1n) is 6.88. The number of nitrogens with one attached hydrogen (secondary N) is 1. The Morgan fingerprint density at radius 3 is 2.71 bits per heavy atom. The quantitative estimate of drug-likeness (QED) is 0.555. The summed E-state index contributed by atoms with van der Waals surface area (Å²) in [6.45, 7) is 1.30. The molecule has 0 atom stereocenters. The third-order valence-corrected chi connectivity index (χ3v) is 3.28. The van der Waals surface area contributed by atoms with Gasteiger partial charge in [-0.05, 0) is 30.3 Å². The third-order valence-electron chi connectivity index (χ3n) is 3.28. The van der Waals surface area contributed by atoms with Crippen LogP contribution in [0, 0.1) is 0 Å². The lowest BCUT2D eigenvalue weighted by Crippen LogP contribution is -2.11. The summed E-state index contributed by atoms with van der Waals surface area (Å²) in [6.07, 6.45) is 3.58. The predicted molar refractivity (Wildman–Crippen MR) is 86.6 cm³/mol. The number of pyridine rings is 1. The fraction of sp³-hybridized carbons (Fsp3) is 0.118. The van der Waals surface area contributed by atoms with Crippen molar-refractivity contribution in [2.75, 3.05) is 24.2 Å². The number of anilines is 2. The van der Waals surface area contributed by atoms with Crippen molar-refractivity contribution < 1.29 is 4.74 Å². The summed E-state index contributed by atoms with van der Waals surface area (Å²) in [4.78, 5) is 4.16. The lowest BCUT2D eigenvalue weighted by Gasteiger charge is -2.11. The van der Waals surface area contributed by atoms with Crippen LogP contribution in [0.15, 0.2) is 60.9 Å². The number of rotatable bonds is 5. The standard InChI is InChI=1S/C17H17N3O/c18-16-6-7-17(15-12-19-9-8-14(15)16)20-10-11-21-13-4-2-1-3-5-13/h1-9,12,20H,10-11,18H2. The fourth-order valence-corrected chi connectivity index (χ4v) is 2.24. The van der Waals surface area contributed by atoms with E-state index in [0.717, 1.165) is 27.9 Å². The van der Waals surface area contributed by atoms with Crippen LogP contribution in [0.4, 0.5) is 11.4 Å². The monoisotopic (exact) mass is 279 g/mol. The van der Waals surface area contributed by atoms with Crippen LogP contribution in [0.2, 0.25) is 0 Å². The van der Waals surface area contributed by atoms with E-state index in [1.807, 2.05) is 54.7 Å². The van der Waals surface area contributed by atoms with Gasteiger partial charge < -0.3 is 15.8 Å². The molecular weight excluding hydrogens is 262 g/mol. The second-order valence-corrected chi connectivity index (χ2v) is 4.71. The average Bonchev–Trinajstić information content (AvgIpc) is 2.55. The maximum Gasteiger partial charge on any atom is 0.119 e. The zero-order valence-electron chi connectivity index (χ0n) is 11.6. The third kappa shape index (κ3) is 3.05. The van der Waals surface area contributed by atoms with Gasteiger partial charge in [-0.15, -0.1) is 0 Å². The van der Waals surface area contributed by atoms with E-state index in [2.05, 4.69) is 10.3 Å². The van der Waals surface area contributed by atoms with Crippen molar-refractivity contribution in [1.82, 2.24) is 4.98 Å². The molecule has 0 radical (unpaired) electrons. The number of para-hydroxylation sites is 1. The molecule has 0 saturated carbocycles. The number of benzene rings is 2. The SMILES string of the molecule is Nc1ccc(NCCOc2ccccc2)c2cnccc12. The van der Waals surface area contributed by atoms with Crippen molar-refractivity contribution in [3.05, 3.63) is 60.9 Å².